The SMILES string of the molecule is O=C(CO)c1cccc2c1C1=NC2=Nc2[nH]c(c3cccc(C(=O)CO)c23)NC2=NC(=Nc3[nH]c(c4c3C(O)(C(=O)CO)C=CC=4)=N1)c1cccc(C(=O)CO)c12. The Hall–Kier alpha value is -7.15. The second kappa shape index (κ2) is 13.3. The molecule has 3 aromatic carbocycles. The van der Waals surface area contributed by atoms with E-state index in [0.29, 0.717) is 21.9 Å². The van der Waals surface area contributed by atoms with Crippen LogP contribution in [0.25, 0.3) is 16.8 Å². The van der Waals surface area contributed by atoms with Gasteiger partial charge in [-0.2, -0.15) is 0 Å². The summed E-state index contributed by atoms with van der Waals surface area (Å²) in [4.78, 5) is 82.9. The number of ketones is 4. The summed E-state index contributed by atoms with van der Waals surface area (Å²) in [7, 11) is 0. The van der Waals surface area contributed by atoms with Crippen LogP contribution in [0.15, 0.2) is 91.7 Å². The number of benzene rings is 3. The molecule has 0 amide bonds. The topological polar surface area (TPSA) is 275 Å². The van der Waals surface area contributed by atoms with Crippen LogP contribution in [0.1, 0.15) is 58.9 Å². The van der Waals surface area contributed by atoms with Crippen molar-refractivity contribution in [2.45, 2.75) is 5.60 Å². The van der Waals surface area contributed by atoms with E-state index in [1.165, 1.54) is 30.4 Å². The monoisotopic (exact) mass is 764 g/mol. The standard InChI is InChI=1S/C40H28N8O9/c49-13-24(53)17-5-1-8-20-28(17)36-41-32(20)43-37-30-19(26(55)15-51)7-3-10-22(30)34(45-37)47-39-31-23(11-4-12-40(31,57)27(56)16-52)35(48-39)46-38-29-18(25(54)14-50)6-2-9-21(29)33(42-36)44-38/h1-12,41,49-52,57H,13-16H2,(H,43,45,47)(H,42,44,46,48). The third kappa shape index (κ3) is 5.33. The van der Waals surface area contributed by atoms with Crippen molar-refractivity contribution < 1.29 is 44.7 Å². The summed E-state index contributed by atoms with van der Waals surface area (Å²) in [5, 5.41) is 55.7. The molecule has 3 aliphatic heterocycles. The quantitative estimate of drug-likeness (QED) is 0.102. The second-order valence-electron chi connectivity index (χ2n) is 13.3. The van der Waals surface area contributed by atoms with Crippen LogP contribution in [0.5, 0.6) is 0 Å². The highest BCUT2D eigenvalue weighted by atomic mass is 16.3. The van der Waals surface area contributed by atoms with Crippen LogP contribution in [-0.4, -0.2) is 108 Å². The maximum absolute atomic E-state index is 13.2. The molecule has 1 atom stereocenters. The zero-order valence-corrected chi connectivity index (χ0v) is 29.4. The van der Waals surface area contributed by atoms with Gasteiger partial charge in [-0.05, 0) is 6.08 Å². The minimum atomic E-state index is -2.39. The summed E-state index contributed by atoms with van der Waals surface area (Å²) >= 11 is 0. The number of fused-ring (bicyclic) bond motifs is 18. The highest BCUT2D eigenvalue weighted by Gasteiger charge is 2.41. The Kier molecular flexibility index (Phi) is 8.27. The Morgan fingerprint density at radius 2 is 1.25 bits per heavy atom. The molecule has 1 aliphatic carbocycles. The second-order valence-corrected chi connectivity index (χ2v) is 13.3. The van der Waals surface area contributed by atoms with Gasteiger partial charge in [-0.15, -0.1) is 0 Å². The maximum atomic E-state index is 13.2. The van der Waals surface area contributed by atoms with Gasteiger partial charge in [-0.3, -0.25) is 19.2 Å². The summed E-state index contributed by atoms with van der Waals surface area (Å²) in [6.07, 6.45) is 4.17. The fourth-order valence-corrected chi connectivity index (χ4v) is 7.52. The Balaban J connectivity index is 1.43. The van der Waals surface area contributed by atoms with Gasteiger partial charge in [0.15, 0.2) is 46.2 Å². The fourth-order valence-electron chi connectivity index (χ4n) is 7.52. The summed E-state index contributed by atoms with van der Waals surface area (Å²) in [5.41, 5.74) is -1.02. The first-order chi connectivity index (χ1) is 27.6. The number of hydrogen-bond acceptors (Lipinski definition) is 15. The van der Waals surface area contributed by atoms with Gasteiger partial charge < -0.3 is 40.8 Å². The fraction of sp³-hybridized carbons (Fsp3) is 0.125. The van der Waals surface area contributed by atoms with Crippen LogP contribution >= 0.6 is 0 Å². The lowest BCUT2D eigenvalue weighted by atomic mass is 9.86. The van der Waals surface area contributed by atoms with E-state index in [-0.39, 0.29) is 84.9 Å². The first kappa shape index (κ1) is 35.5. The molecule has 0 fully saturated rings. The average molecular weight is 765 g/mol. The van der Waals surface area contributed by atoms with Gasteiger partial charge in [0.05, 0.1) is 0 Å². The molecule has 8 N–H and O–H groups in total. The number of aliphatic hydroxyl groups excluding tert-OH is 4. The molecule has 4 aliphatic rings. The van der Waals surface area contributed by atoms with E-state index in [1.807, 2.05) is 0 Å². The molecule has 0 radical (unpaired) electrons. The summed E-state index contributed by atoms with van der Waals surface area (Å²) < 4.78 is 0. The predicted octanol–water partition coefficient (Wildman–Crippen LogP) is 0.543. The van der Waals surface area contributed by atoms with Crippen molar-refractivity contribution in [2.75, 3.05) is 31.7 Å². The highest BCUT2D eigenvalue weighted by Crippen LogP contribution is 2.39. The lowest BCUT2D eigenvalue weighted by Gasteiger charge is -2.24. The largest absolute Gasteiger partial charge is 0.388 e. The van der Waals surface area contributed by atoms with E-state index in [2.05, 4.69) is 15.3 Å². The van der Waals surface area contributed by atoms with Crippen LogP contribution < -0.4 is 16.0 Å². The van der Waals surface area contributed by atoms with Crippen molar-refractivity contribution in [3.05, 3.63) is 122 Å². The maximum Gasteiger partial charge on any atom is 0.198 e. The molecule has 9 rings (SSSR count). The van der Waals surface area contributed by atoms with Crippen molar-refractivity contribution in [2.24, 2.45) is 25.0 Å². The first-order valence-corrected chi connectivity index (χ1v) is 17.4. The lowest BCUT2D eigenvalue weighted by Crippen LogP contribution is -2.43. The minimum absolute atomic E-state index is 0.00283. The molecule has 17 nitrogen and oxygen atoms in total. The van der Waals surface area contributed by atoms with Crippen LogP contribution in [-0.2, 0) is 10.4 Å². The van der Waals surface area contributed by atoms with Crippen molar-refractivity contribution in [3.63, 3.8) is 0 Å². The number of rotatable bonds is 8. The van der Waals surface area contributed by atoms with Gasteiger partial charge >= 0.3 is 0 Å². The van der Waals surface area contributed by atoms with Crippen molar-refractivity contribution in [1.82, 2.24) is 9.97 Å². The number of amidine groups is 4. The molecule has 1 unspecified atom stereocenters. The molecule has 17 heteroatoms. The summed E-state index contributed by atoms with van der Waals surface area (Å²) in [6.45, 7) is -3.48. The van der Waals surface area contributed by atoms with Gasteiger partial charge in [-0.1, -0.05) is 66.7 Å². The molecule has 0 saturated heterocycles. The van der Waals surface area contributed by atoms with E-state index in [1.54, 1.807) is 42.5 Å². The van der Waals surface area contributed by atoms with Crippen molar-refractivity contribution >= 4 is 80.8 Å². The average Bonchev–Trinajstić information content (AvgIpc) is 3.98. The third-order valence-electron chi connectivity index (χ3n) is 10.1. The highest BCUT2D eigenvalue weighted by molar-refractivity contribution is 6.31. The molecule has 5 heterocycles. The van der Waals surface area contributed by atoms with Crippen LogP contribution in [0.4, 0.5) is 17.5 Å². The number of aliphatic imine (C=N–C) groups is 4. The van der Waals surface area contributed by atoms with Gasteiger partial charge in [0.2, 0.25) is 0 Å². The zero-order chi connectivity index (χ0) is 39.7. The predicted molar refractivity (Wildman–Crippen MR) is 206 cm³/mol. The summed E-state index contributed by atoms with van der Waals surface area (Å²) in [5.74, 6) is -2.49. The number of Topliss-reactive ketones (excluding diaryl/α,β-unsaturated/α-hetero) is 4. The number of aliphatic hydroxyl groups is 5. The van der Waals surface area contributed by atoms with E-state index < -0.39 is 55.2 Å². The molecular formula is C40H28N8O9. The first-order valence-electron chi connectivity index (χ1n) is 17.4. The Labute approximate surface area is 319 Å². The Bertz CT molecular complexity index is 2990. The van der Waals surface area contributed by atoms with E-state index in [9.17, 15) is 44.7 Å². The van der Waals surface area contributed by atoms with Crippen LogP contribution in [0.2, 0.25) is 0 Å². The van der Waals surface area contributed by atoms with Gasteiger partial charge in [-0.25, -0.2) is 25.0 Å². The number of carbonyl (C=O) groups is 4. The van der Waals surface area contributed by atoms with Crippen LogP contribution in [0, 0.1) is 0 Å². The third-order valence-corrected chi connectivity index (χ3v) is 10.1. The van der Waals surface area contributed by atoms with Crippen molar-refractivity contribution in [3.8, 4) is 0 Å². The van der Waals surface area contributed by atoms with Crippen molar-refractivity contribution in [1.29, 1.82) is 0 Å². The molecule has 282 valence electrons. The number of nitrogens with one attached hydrogen (secondary N) is 3. The minimum Gasteiger partial charge on any atom is -0.388 e. The van der Waals surface area contributed by atoms with E-state index >= 15 is 0 Å². The molecule has 0 saturated carbocycles. The summed E-state index contributed by atoms with van der Waals surface area (Å²) in [6, 6.07) is 14.3. The van der Waals surface area contributed by atoms with Gasteiger partial charge in [0.1, 0.15) is 55.2 Å². The Morgan fingerprint density at radius 3 is 1.95 bits per heavy atom. The number of nitrogens with zero attached hydrogens (tertiary/aromatic N) is 5. The number of allylic oxidation sites excluding steroid dienone is 1. The molecule has 2 aromatic heterocycles. The molecular weight excluding hydrogens is 736 g/mol. The van der Waals surface area contributed by atoms with E-state index in [4.69, 9.17) is 25.0 Å². The van der Waals surface area contributed by atoms with Gasteiger partial charge in [0, 0.05) is 60.5 Å². The Morgan fingerprint density at radius 1 is 0.632 bits per heavy atom. The number of carbonyl (C=O) groups excluding carboxylic acids is 4. The number of hydrogen-bond donors (Lipinski definition) is 8. The molecule has 8 bridgehead atoms. The smallest absolute Gasteiger partial charge is 0.198 e. The number of anilines is 1. The lowest BCUT2D eigenvalue weighted by molar-refractivity contribution is -0.136. The zero-order valence-electron chi connectivity index (χ0n) is 29.4. The van der Waals surface area contributed by atoms with Gasteiger partial charge in [0.25, 0.3) is 0 Å². The normalized spacial score (nSPS) is 17.2. The number of aromatic nitrogens is 2. The number of H-pyrrole nitrogens is 2. The molecule has 0 spiro atoms. The molecule has 57 heavy (non-hydrogen) atoms. The van der Waals surface area contributed by atoms with Crippen LogP contribution in [0.3, 0.4) is 0 Å². The number of aromatic amines is 2. The molecule has 5 aromatic rings. The van der Waals surface area contributed by atoms with E-state index in [0.717, 1.165) is 0 Å².